The lowest BCUT2D eigenvalue weighted by molar-refractivity contribution is -0.137. The number of nitrogens with one attached hydrogen (secondary N) is 1. The zero-order valence-electron chi connectivity index (χ0n) is 15.5. The Morgan fingerprint density at radius 3 is 2.62 bits per heavy atom. The van der Waals surface area contributed by atoms with Crippen LogP contribution in [0.1, 0.15) is 5.56 Å². The summed E-state index contributed by atoms with van der Waals surface area (Å²) in [6.07, 6.45) is 1.12. The highest BCUT2D eigenvalue weighted by molar-refractivity contribution is 7.99. The van der Waals surface area contributed by atoms with Crippen LogP contribution in [0.15, 0.2) is 52.6 Å². The number of nitrogens with zero attached hydrogens (tertiary/aromatic N) is 3. The number of anilines is 1. The standard InChI is InChI=1S/C19H20ClF3N4OS/c20-15-11-14(19(21,22)23)12-16(13-15)27-8-6-26(7-9-27)5-1-2-10-29-18-24-4-3-17(28)25-18/h1-4,11-13H,5-10H2,(H,24,25,28). The fourth-order valence-corrected chi connectivity index (χ4v) is 3.88. The van der Waals surface area contributed by atoms with Crippen molar-refractivity contribution in [1.82, 2.24) is 14.9 Å². The van der Waals surface area contributed by atoms with E-state index in [0.29, 0.717) is 29.7 Å². The average Bonchev–Trinajstić information content (AvgIpc) is 2.67. The van der Waals surface area contributed by atoms with Crippen LogP contribution >= 0.6 is 23.4 Å². The van der Waals surface area contributed by atoms with Crippen LogP contribution in [0.4, 0.5) is 18.9 Å². The van der Waals surface area contributed by atoms with Crippen LogP contribution < -0.4 is 10.5 Å². The maximum atomic E-state index is 13.0. The van der Waals surface area contributed by atoms with Gasteiger partial charge < -0.3 is 9.88 Å². The highest BCUT2D eigenvalue weighted by Gasteiger charge is 2.31. The van der Waals surface area contributed by atoms with Crippen molar-refractivity contribution >= 4 is 29.1 Å². The van der Waals surface area contributed by atoms with E-state index in [2.05, 4.69) is 14.9 Å². The smallest absolute Gasteiger partial charge is 0.369 e. The molecule has 0 unspecified atom stereocenters. The molecular formula is C19H20ClF3N4OS. The molecule has 0 bridgehead atoms. The number of thioether (sulfide) groups is 1. The van der Waals surface area contributed by atoms with E-state index in [4.69, 9.17) is 11.6 Å². The lowest BCUT2D eigenvalue weighted by Gasteiger charge is -2.36. The van der Waals surface area contributed by atoms with E-state index in [9.17, 15) is 18.0 Å². The number of rotatable bonds is 6. The van der Waals surface area contributed by atoms with Crippen LogP contribution in [0.2, 0.25) is 5.02 Å². The second-order valence-corrected chi connectivity index (χ2v) is 7.95. The number of benzene rings is 1. The molecular weight excluding hydrogens is 425 g/mol. The van der Waals surface area contributed by atoms with E-state index < -0.39 is 11.7 Å². The molecule has 2 aromatic rings. The van der Waals surface area contributed by atoms with E-state index in [1.165, 1.54) is 24.0 Å². The lowest BCUT2D eigenvalue weighted by Crippen LogP contribution is -2.46. The Labute approximate surface area is 175 Å². The molecule has 1 aliphatic rings. The van der Waals surface area contributed by atoms with E-state index in [0.717, 1.165) is 31.8 Å². The molecule has 0 spiro atoms. The summed E-state index contributed by atoms with van der Waals surface area (Å²) < 4.78 is 39.0. The molecule has 0 atom stereocenters. The Hall–Kier alpha value is -1.97. The summed E-state index contributed by atoms with van der Waals surface area (Å²) >= 11 is 7.32. The SMILES string of the molecule is O=c1ccnc(SCC=CCN2CCN(c3cc(Cl)cc(C(F)(F)F)c3)CC2)[nH]1. The van der Waals surface area contributed by atoms with Crippen molar-refractivity contribution in [1.29, 1.82) is 0 Å². The quantitative estimate of drug-likeness (QED) is 0.416. The highest BCUT2D eigenvalue weighted by Crippen LogP contribution is 2.34. The minimum atomic E-state index is -4.41. The van der Waals surface area contributed by atoms with Crippen LogP contribution in [0.3, 0.4) is 0 Å². The molecule has 156 valence electrons. The Morgan fingerprint density at radius 2 is 1.93 bits per heavy atom. The van der Waals surface area contributed by atoms with Crippen molar-refractivity contribution in [2.45, 2.75) is 11.3 Å². The minimum Gasteiger partial charge on any atom is -0.369 e. The summed E-state index contributed by atoms with van der Waals surface area (Å²) in [7, 11) is 0. The van der Waals surface area contributed by atoms with Crippen LogP contribution in [0, 0.1) is 0 Å². The van der Waals surface area contributed by atoms with E-state index in [1.807, 2.05) is 17.1 Å². The van der Waals surface area contributed by atoms with Gasteiger partial charge in [0.25, 0.3) is 5.56 Å². The van der Waals surface area contributed by atoms with E-state index in [-0.39, 0.29) is 10.6 Å². The van der Waals surface area contributed by atoms with E-state index in [1.54, 1.807) is 6.07 Å². The lowest BCUT2D eigenvalue weighted by atomic mass is 10.1. The number of hydrogen-bond donors (Lipinski definition) is 1. The first-order chi connectivity index (χ1) is 13.8. The van der Waals surface area contributed by atoms with Crippen molar-refractivity contribution in [3.05, 3.63) is 63.6 Å². The number of piperazine rings is 1. The summed E-state index contributed by atoms with van der Waals surface area (Å²) in [5, 5.41) is 0.669. The third-order valence-electron chi connectivity index (χ3n) is 4.44. The Kier molecular flexibility index (Phi) is 7.26. The van der Waals surface area contributed by atoms with Gasteiger partial charge in [-0.2, -0.15) is 13.2 Å². The van der Waals surface area contributed by atoms with Gasteiger partial charge in [-0.25, -0.2) is 4.98 Å². The Balaban J connectivity index is 1.46. The molecule has 1 aromatic carbocycles. The fraction of sp³-hybridized carbons (Fsp3) is 0.368. The van der Waals surface area contributed by atoms with Crippen molar-refractivity contribution < 1.29 is 13.2 Å². The topological polar surface area (TPSA) is 52.2 Å². The number of hydrogen-bond acceptors (Lipinski definition) is 5. The molecule has 0 aliphatic carbocycles. The summed E-state index contributed by atoms with van der Waals surface area (Å²) in [5.41, 5.74) is -0.399. The number of alkyl halides is 3. The second kappa shape index (κ2) is 9.69. The Morgan fingerprint density at radius 1 is 1.17 bits per heavy atom. The zero-order chi connectivity index (χ0) is 20.9. The van der Waals surface area contributed by atoms with Gasteiger partial charge in [0.15, 0.2) is 5.16 Å². The van der Waals surface area contributed by atoms with Gasteiger partial charge in [-0.3, -0.25) is 9.69 Å². The van der Waals surface area contributed by atoms with Gasteiger partial charge >= 0.3 is 6.18 Å². The third-order valence-corrected chi connectivity index (χ3v) is 5.50. The molecule has 5 nitrogen and oxygen atoms in total. The highest BCUT2D eigenvalue weighted by atomic mass is 35.5. The average molecular weight is 445 g/mol. The van der Waals surface area contributed by atoms with Gasteiger partial charge in [-0.15, -0.1) is 0 Å². The van der Waals surface area contributed by atoms with Gasteiger partial charge in [-0.1, -0.05) is 35.5 Å². The second-order valence-electron chi connectivity index (χ2n) is 6.51. The largest absolute Gasteiger partial charge is 0.416 e. The molecule has 0 radical (unpaired) electrons. The molecule has 0 amide bonds. The van der Waals surface area contributed by atoms with Gasteiger partial charge in [0, 0.05) is 61.4 Å². The summed E-state index contributed by atoms with van der Waals surface area (Å²) in [4.78, 5) is 22.1. The van der Waals surface area contributed by atoms with Crippen molar-refractivity contribution in [3.8, 4) is 0 Å². The Bertz CT molecular complexity index is 911. The normalized spacial score (nSPS) is 15.9. The van der Waals surface area contributed by atoms with E-state index >= 15 is 0 Å². The molecule has 3 rings (SSSR count). The summed E-state index contributed by atoms with van der Waals surface area (Å²) in [6.45, 7) is 3.53. The van der Waals surface area contributed by atoms with Crippen LogP contribution in [-0.2, 0) is 6.18 Å². The predicted molar refractivity (Wildman–Crippen MR) is 110 cm³/mol. The van der Waals surface area contributed by atoms with Gasteiger partial charge in [0.2, 0.25) is 0 Å². The molecule has 10 heteroatoms. The molecule has 1 aromatic heterocycles. The molecule has 0 saturated carbocycles. The number of H-pyrrole nitrogens is 1. The number of aromatic amines is 1. The summed E-state index contributed by atoms with van der Waals surface area (Å²) in [6, 6.07) is 5.05. The zero-order valence-corrected chi connectivity index (χ0v) is 17.0. The van der Waals surface area contributed by atoms with Gasteiger partial charge in [0.05, 0.1) is 5.56 Å². The molecule has 1 fully saturated rings. The molecule has 1 saturated heterocycles. The fourth-order valence-electron chi connectivity index (χ4n) is 2.95. The van der Waals surface area contributed by atoms with Crippen LogP contribution in [-0.4, -0.2) is 53.3 Å². The first-order valence-corrected chi connectivity index (χ1v) is 10.4. The third kappa shape index (κ3) is 6.52. The predicted octanol–water partition coefficient (Wildman–Crippen LogP) is 3.91. The van der Waals surface area contributed by atoms with Crippen LogP contribution in [0.5, 0.6) is 0 Å². The number of halogens is 4. The molecule has 29 heavy (non-hydrogen) atoms. The van der Waals surface area contributed by atoms with Crippen molar-refractivity contribution in [3.63, 3.8) is 0 Å². The molecule has 1 N–H and O–H groups in total. The molecule has 2 heterocycles. The van der Waals surface area contributed by atoms with Crippen molar-refractivity contribution in [2.24, 2.45) is 0 Å². The van der Waals surface area contributed by atoms with Crippen molar-refractivity contribution in [2.75, 3.05) is 43.4 Å². The van der Waals surface area contributed by atoms with Gasteiger partial charge in [0.1, 0.15) is 0 Å². The first kappa shape index (κ1) is 21.7. The molecule has 1 aliphatic heterocycles. The minimum absolute atomic E-state index is 0.0898. The maximum Gasteiger partial charge on any atom is 0.416 e. The number of aromatic nitrogens is 2. The monoisotopic (exact) mass is 444 g/mol. The van der Waals surface area contributed by atoms with Gasteiger partial charge in [-0.05, 0) is 18.2 Å². The first-order valence-electron chi connectivity index (χ1n) is 8.99. The summed E-state index contributed by atoms with van der Waals surface area (Å²) in [5.74, 6) is 0.690. The maximum absolute atomic E-state index is 13.0. The van der Waals surface area contributed by atoms with Crippen LogP contribution in [0.25, 0.3) is 0 Å².